The van der Waals surface area contributed by atoms with Crippen LogP contribution in [-0.2, 0) is 9.47 Å². The number of nitrogens with two attached hydrogens (primary N) is 1. The molecule has 0 saturated heterocycles. The van der Waals surface area contributed by atoms with Gasteiger partial charge in [0.25, 0.3) is 0 Å². The quantitative estimate of drug-likeness (QED) is 0.555. The Balaban J connectivity index is 2.38. The molecule has 2 N–H and O–H groups in total. The van der Waals surface area contributed by atoms with Gasteiger partial charge in [0.1, 0.15) is 10.7 Å². The molecule has 0 aromatic heterocycles. The highest BCUT2D eigenvalue weighted by atomic mass is 32.1. The zero-order chi connectivity index (χ0) is 14.1. The summed E-state index contributed by atoms with van der Waals surface area (Å²) in [6, 6.07) is 5.77. The molecule has 0 fully saturated rings. The molecule has 0 aliphatic rings. The van der Waals surface area contributed by atoms with Crippen LogP contribution in [-0.4, -0.2) is 38.5 Å². The van der Waals surface area contributed by atoms with E-state index in [2.05, 4.69) is 0 Å². The minimum atomic E-state index is 0.357. The van der Waals surface area contributed by atoms with Crippen molar-refractivity contribution in [3.8, 4) is 5.75 Å². The summed E-state index contributed by atoms with van der Waals surface area (Å²) in [6.45, 7) is 4.43. The van der Waals surface area contributed by atoms with Gasteiger partial charge in [0.2, 0.25) is 0 Å². The Bertz CT molecular complexity index is 410. The minimum Gasteiger partial charge on any atom is -0.492 e. The van der Waals surface area contributed by atoms with Gasteiger partial charge in [0, 0.05) is 20.1 Å². The lowest BCUT2D eigenvalue weighted by atomic mass is 10.1. The number of benzene rings is 1. The molecule has 1 rings (SSSR count). The van der Waals surface area contributed by atoms with Crippen LogP contribution in [0.5, 0.6) is 5.75 Å². The topological polar surface area (TPSA) is 53.7 Å². The van der Waals surface area contributed by atoms with Gasteiger partial charge in [0.15, 0.2) is 0 Å². The summed E-state index contributed by atoms with van der Waals surface area (Å²) >= 11 is 5.02. The number of hydrogen-bond donors (Lipinski definition) is 1. The number of rotatable bonds is 9. The summed E-state index contributed by atoms with van der Waals surface area (Å²) in [5.41, 5.74) is 7.50. The van der Waals surface area contributed by atoms with E-state index >= 15 is 0 Å². The van der Waals surface area contributed by atoms with Gasteiger partial charge < -0.3 is 19.9 Å². The van der Waals surface area contributed by atoms with E-state index in [1.807, 2.05) is 25.1 Å². The average molecular weight is 283 g/mol. The Kier molecular flexibility index (Phi) is 7.40. The van der Waals surface area contributed by atoms with E-state index in [0.717, 1.165) is 23.3 Å². The van der Waals surface area contributed by atoms with Gasteiger partial charge in [-0.25, -0.2) is 0 Å². The smallest absolute Gasteiger partial charge is 0.132 e. The van der Waals surface area contributed by atoms with Crippen LogP contribution in [0, 0.1) is 6.92 Å². The number of hydrogen-bond acceptors (Lipinski definition) is 4. The maximum absolute atomic E-state index is 5.76. The zero-order valence-corrected chi connectivity index (χ0v) is 12.3. The van der Waals surface area contributed by atoms with Crippen LogP contribution in [0.3, 0.4) is 0 Å². The molecular formula is C14H21NO3S. The van der Waals surface area contributed by atoms with Crippen molar-refractivity contribution in [1.82, 2.24) is 0 Å². The molecule has 0 radical (unpaired) electrons. The Morgan fingerprint density at radius 3 is 2.68 bits per heavy atom. The lowest BCUT2D eigenvalue weighted by Crippen LogP contribution is -2.13. The molecule has 0 atom stereocenters. The Labute approximate surface area is 119 Å². The highest BCUT2D eigenvalue weighted by Gasteiger charge is 2.08. The Morgan fingerprint density at radius 2 is 2.00 bits per heavy atom. The first-order chi connectivity index (χ1) is 9.16. The van der Waals surface area contributed by atoms with Crippen LogP contribution in [0.4, 0.5) is 0 Å². The summed E-state index contributed by atoms with van der Waals surface area (Å²) < 4.78 is 16.0. The fourth-order valence-corrected chi connectivity index (χ4v) is 1.78. The average Bonchev–Trinajstić information content (AvgIpc) is 2.39. The highest BCUT2D eigenvalue weighted by Crippen LogP contribution is 2.23. The van der Waals surface area contributed by atoms with Crippen molar-refractivity contribution in [3.05, 3.63) is 29.3 Å². The molecule has 0 amide bonds. The normalized spacial score (nSPS) is 10.4. The largest absolute Gasteiger partial charge is 0.492 e. The van der Waals surface area contributed by atoms with Crippen molar-refractivity contribution >= 4 is 17.2 Å². The van der Waals surface area contributed by atoms with Crippen LogP contribution in [0.2, 0.25) is 0 Å². The van der Waals surface area contributed by atoms with Crippen molar-refractivity contribution in [2.75, 3.05) is 33.5 Å². The SMILES string of the molecule is COCCOCCCOc1c(C)cccc1C(N)=S. The van der Waals surface area contributed by atoms with E-state index < -0.39 is 0 Å². The molecule has 0 aliphatic carbocycles. The Hall–Kier alpha value is -1.17. The molecule has 5 heteroatoms. The second kappa shape index (κ2) is 8.85. The van der Waals surface area contributed by atoms with Gasteiger partial charge in [-0.2, -0.15) is 0 Å². The minimum absolute atomic E-state index is 0.357. The number of thiocarbonyl (C=S) groups is 1. The van der Waals surface area contributed by atoms with E-state index in [-0.39, 0.29) is 0 Å². The van der Waals surface area contributed by atoms with Crippen LogP contribution >= 0.6 is 12.2 Å². The zero-order valence-electron chi connectivity index (χ0n) is 11.5. The van der Waals surface area contributed by atoms with Crippen molar-refractivity contribution in [2.45, 2.75) is 13.3 Å². The fourth-order valence-electron chi connectivity index (χ4n) is 1.62. The number of ether oxygens (including phenoxy) is 3. The van der Waals surface area contributed by atoms with Gasteiger partial charge in [-0.1, -0.05) is 24.4 Å². The molecule has 0 heterocycles. The number of para-hydroxylation sites is 1. The summed E-state index contributed by atoms with van der Waals surface area (Å²) in [4.78, 5) is 0.357. The molecule has 1 aromatic carbocycles. The second-order valence-electron chi connectivity index (χ2n) is 4.12. The first-order valence-electron chi connectivity index (χ1n) is 6.25. The van der Waals surface area contributed by atoms with Crippen molar-refractivity contribution in [3.63, 3.8) is 0 Å². The van der Waals surface area contributed by atoms with Crippen molar-refractivity contribution < 1.29 is 14.2 Å². The van der Waals surface area contributed by atoms with Gasteiger partial charge in [0.05, 0.1) is 25.4 Å². The first kappa shape index (κ1) is 15.9. The van der Waals surface area contributed by atoms with E-state index in [1.54, 1.807) is 7.11 Å². The third-order valence-electron chi connectivity index (χ3n) is 2.59. The van der Waals surface area contributed by atoms with E-state index in [4.69, 9.17) is 32.2 Å². The lowest BCUT2D eigenvalue weighted by molar-refractivity contribution is 0.0644. The predicted octanol–water partition coefficient (Wildman–Crippen LogP) is 2.06. The molecule has 19 heavy (non-hydrogen) atoms. The molecule has 4 nitrogen and oxygen atoms in total. The molecule has 106 valence electrons. The molecule has 0 aliphatic heterocycles. The standard InChI is InChI=1S/C14H21NO3S/c1-11-5-3-6-12(14(15)19)13(11)18-8-4-7-17-10-9-16-2/h3,5-6H,4,7-10H2,1-2H3,(H2,15,19). The first-order valence-corrected chi connectivity index (χ1v) is 6.66. The monoisotopic (exact) mass is 283 g/mol. The van der Waals surface area contributed by atoms with Crippen molar-refractivity contribution in [2.24, 2.45) is 5.73 Å². The van der Waals surface area contributed by atoms with Crippen LogP contribution < -0.4 is 10.5 Å². The van der Waals surface area contributed by atoms with E-state index in [9.17, 15) is 0 Å². The van der Waals surface area contributed by atoms with Crippen LogP contribution in [0.15, 0.2) is 18.2 Å². The summed E-state index contributed by atoms with van der Waals surface area (Å²) in [5, 5.41) is 0. The molecule has 0 saturated carbocycles. The van der Waals surface area contributed by atoms with Gasteiger partial charge in [-0.15, -0.1) is 0 Å². The predicted molar refractivity (Wildman–Crippen MR) is 79.9 cm³/mol. The summed E-state index contributed by atoms with van der Waals surface area (Å²) in [7, 11) is 1.65. The maximum atomic E-state index is 5.76. The van der Waals surface area contributed by atoms with Crippen LogP contribution in [0.1, 0.15) is 17.5 Å². The molecule has 1 aromatic rings. The van der Waals surface area contributed by atoms with E-state index in [0.29, 0.717) is 31.4 Å². The molecular weight excluding hydrogens is 262 g/mol. The van der Waals surface area contributed by atoms with Gasteiger partial charge in [-0.3, -0.25) is 0 Å². The van der Waals surface area contributed by atoms with Crippen LogP contribution in [0.25, 0.3) is 0 Å². The van der Waals surface area contributed by atoms with E-state index in [1.165, 1.54) is 0 Å². The Morgan fingerprint density at radius 1 is 1.21 bits per heavy atom. The summed E-state index contributed by atoms with van der Waals surface area (Å²) in [6.07, 6.45) is 0.814. The fraction of sp³-hybridized carbons (Fsp3) is 0.500. The lowest BCUT2D eigenvalue weighted by Gasteiger charge is -2.13. The third-order valence-corrected chi connectivity index (χ3v) is 2.81. The van der Waals surface area contributed by atoms with Gasteiger partial charge >= 0.3 is 0 Å². The second-order valence-corrected chi connectivity index (χ2v) is 4.56. The number of aryl methyl sites for hydroxylation is 1. The number of methoxy groups -OCH3 is 1. The molecule has 0 unspecified atom stereocenters. The molecule has 0 bridgehead atoms. The van der Waals surface area contributed by atoms with Gasteiger partial charge in [-0.05, 0) is 18.6 Å². The molecule has 0 spiro atoms. The third kappa shape index (κ3) is 5.55. The summed E-state index contributed by atoms with van der Waals surface area (Å²) in [5.74, 6) is 0.770. The highest BCUT2D eigenvalue weighted by molar-refractivity contribution is 7.80. The maximum Gasteiger partial charge on any atom is 0.132 e. The van der Waals surface area contributed by atoms with Crippen molar-refractivity contribution in [1.29, 1.82) is 0 Å².